The van der Waals surface area contributed by atoms with Crippen molar-refractivity contribution < 1.29 is 14.1 Å². The van der Waals surface area contributed by atoms with E-state index in [-0.39, 0.29) is 23.4 Å². The van der Waals surface area contributed by atoms with E-state index in [1.54, 1.807) is 30.7 Å². The van der Waals surface area contributed by atoms with Crippen molar-refractivity contribution in [2.24, 2.45) is 17.3 Å². The fourth-order valence-electron chi connectivity index (χ4n) is 4.72. The molecule has 1 unspecified atom stereocenters. The third-order valence-electron chi connectivity index (χ3n) is 6.00. The minimum atomic E-state index is -0.553. The Kier molecular flexibility index (Phi) is 3.41. The maximum atomic E-state index is 13.3. The Hall–Kier alpha value is -2.30. The van der Waals surface area contributed by atoms with Gasteiger partial charge in [-0.1, -0.05) is 19.0 Å². The highest BCUT2D eigenvalue weighted by Crippen LogP contribution is 2.53. The zero-order chi connectivity index (χ0) is 16.9. The molecule has 0 spiro atoms. The number of hydrogen-bond donors (Lipinski definition) is 0. The number of carbonyl (C=O) groups is 2. The molecule has 0 amide bonds. The Labute approximate surface area is 140 Å². The predicted octanol–water partition coefficient (Wildman–Crippen LogP) is 3.21. The molecule has 0 aromatic carbocycles. The van der Waals surface area contributed by atoms with Gasteiger partial charge in [-0.2, -0.15) is 0 Å². The van der Waals surface area contributed by atoms with Crippen molar-refractivity contribution in [1.82, 2.24) is 10.1 Å². The Bertz CT molecular complexity index is 798. The largest absolute Gasteiger partial charge is 0.361 e. The summed E-state index contributed by atoms with van der Waals surface area (Å²) < 4.78 is 5.41. The zero-order valence-corrected chi connectivity index (χ0v) is 13.9. The Morgan fingerprint density at radius 3 is 2.79 bits per heavy atom. The summed E-state index contributed by atoms with van der Waals surface area (Å²) in [5.41, 5.74) is 1.05. The minimum absolute atomic E-state index is 0.0688. The Morgan fingerprint density at radius 1 is 1.29 bits per heavy atom. The molecule has 2 heterocycles. The molecule has 4 rings (SSSR count). The molecule has 0 aliphatic heterocycles. The van der Waals surface area contributed by atoms with Gasteiger partial charge in [0.15, 0.2) is 5.78 Å². The molecule has 2 aliphatic rings. The van der Waals surface area contributed by atoms with Crippen LogP contribution in [0, 0.1) is 17.3 Å². The van der Waals surface area contributed by atoms with E-state index in [0.29, 0.717) is 18.4 Å². The van der Waals surface area contributed by atoms with E-state index in [1.807, 2.05) is 6.92 Å². The normalized spacial score (nSPS) is 32.1. The number of nitrogens with zero attached hydrogens (tertiary/aromatic N) is 2. The van der Waals surface area contributed by atoms with Crippen LogP contribution in [0.15, 0.2) is 35.2 Å². The maximum absolute atomic E-state index is 13.3. The molecule has 5 nitrogen and oxygen atoms in total. The van der Waals surface area contributed by atoms with Gasteiger partial charge < -0.3 is 4.52 Å². The second-order valence-corrected chi connectivity index (χ2v) is 7.30. The van der Waals surface area contributed by atoms with Crippen LogP contribution in [0.4, 0.5) is 0 Å². The number of aromatic nitrogens is 2. The first-order valence-electron chi connectivity index (χ1n) is 8.44. The van der Waals surface area contributed by atoms with Crippen LogP contribution >= 0.6 is 0 Å². The summed E-state index contributed by atoms with van der Waals surface area (Å²) in [4.78, 5) is 30.1. The van der Waals surface area contributed by atoms with Crippen molar-refractivity contribution >= 4 is 11.6 Å². The minimum Gasteiger partial charge on any atom is -0.361 e. The molecule has 24 heavy (non-hydrogen) atoms. The van der Waals surface area contributed by atoms with Gasteiger partial charge in [-0.15, -0.1) is 0 Å². The standard InChI is InChI=1S/C19H20N2O3/c1-11-15-4-3-14(16(22)12-5-7-20-8-6-12)18(23)19(15,2)9-13-10-21-24-17(11)13/h5-8,10-11,14-15H,3-4,9H2,1-2H3/t11-,14?,15-,19-/m1/s1. The Balaban J connectivity index is 1.68. The number of hydrogen-bond acceptors (Lipinski definition) is 5. The summed E-state index contributed by atoms with van der Waals surface area (Å²) in [5, 5.41) is 3.91. The number of ketones is 2. The van der Waals surface area contributed by atoms with Gasteiger partial charge in [0.2, 0.25) is 0 Å². The average Bonchev–Trinajstić information content (AvgIpc) is 3.05. The molecule has 124 valence electrons. The quantitative estimate of drug-likeness (QED) is 0.626. The van der Waals surface area contributed by atoms with E-state index in [2.05, 4.69) is 17.1 Å². The summed E-state index contributed by atoms with van der Waals surface area (Å²) in [5.74, 6) is 0.700. The SMILES string of the molecule is C[C@H]1c2oncc2C[C@@]2(C)C(=O)C(C(=O)c3ccncc3)CC[C@H]12. The summed E-state index contributed by atoms with van der Waals surface area (Å²) >= 11 is 0. The number of Topliss-reactive ketones (excluding diaryl/α,β-unsaturated/α-hetero) is 2. The van der Waals surface area contributed by atoms with E-state index in [0.717, 1.165) is 17.7 Å². The summed E-state index contributed by atoms with van der Waals surface area (Å²) in [6, 6.07) is 3.37. The van der Waals surface area contributed by atoms with Crippen LogP contribution in [0.25, 0.3) is 0 Å². The highest BCUT2D eigenvalue weighted by Gasteiger charge is 2.55. The van der Waals surface area contributed by atoms with Crippen molar-refractivity contribution in [3.05, 3.63) is 47.6 Å². The van der Waals surface area contributed by atoms with Crippen LogP contribution < -0.4 is 0 Å². The van der Waals surface area contributed by atoms with Crippen molar-refractivity contribution in [3.63, 3.8) is 0 Å². The first kappa shape index (κ1) is 15.2. The fraction of sp³-hybridized carbons (Fsp3) is 0.474. The van der Waals surface area contributed by atoms with Crippen LogP contribution in [-0.4, -0.2) is 21.7 Å². The highest BCUT2D eigenvalue weighted by molar-refractivity contribution is 6.12. The lowest BCUT2D eigenvalue weighted by molar-refractivity contribution is -0.139. The van der Waals surface area contributed by atoms with Gasteiger partial charge in [0, 0.05) is 34.9 Å². The first-order valence-corrected chi connectivity index (χ1v) is 8.44. The monoisotopic (exact) mass is 324 g/mol. The van der Waals surface area contributed by atoms with E-state index in [4.69, 9.17) is 4.52 Å². The van der Waals surface area contributed by atoms with Gasteiger partial charge >= 0.3 is 0 Å². The van der Waals surface area contributed by atoms with Crippen molar-refractivity contribution in [2.45, 2.75) is 39.0 Å². The molecule has 2 aromatic heterocycles. The summed E-state index contributed by atoms with van der Waals surface area (Å²) in [6.07, 6.45) is 6.97. The molecular weight excluding hydrogens is 304 g/mol. The van der Waals surface area contributed by atoms with E-state index < -0.39 is 11.3 Å². The number of pyridine rings is 1. The van der Waals surface area contributed by atoms with E-state index in [1.165, 1.54) is 0 Å². The molecule has 1 fully saturated rings. The molecule has 0 N–H and O–H groups in total. The molecule has 0 bridgehead atoms. The van der Waals surface area contributed by atoms with Crippen LogP contribution in [0.2, 0.25) is 0 Å². The topological polar surface area (TPSA) is 73.1 Å². The second-order valence-electron chi connectivity index (χ2n) is 7.30. The highest BCUT2D eigenvalue weighted by atomic mass is 16.5. The number of fused-ring (bicyclic) bond motifs is 2. The van der Waals surface area contributed by atoms with Crippen LogP contribution in [0.1, 0.15) is 54.3 Å². The molecule has 1 saturated carbocycles. The van der Waals surface area contributed by atoms with Gasteiger partial charge in [0.1, 0.15) is 11.5 Å². The second kappa shape index (κ2) is 5.36. The van der Waals surface area contributed by atoms with Crippen molar-refractivity contribution in [2.75, 3.05) is 0 Å². The van der Waals surface area contributed by atoms with Gasteiger partial charge in [-0.05, 0) is 37.3 Å². The summed E-state index contributed by atoms with van der Waals surface area (Å²) in [7, 11) is 0. The van der Waals surface area contributed by atoms with Crippen LogP contribution in [-0.2, 0) is 11.2 Å². The maximum Gasteiger partial charge on any atom is 0.173 e. The van der Waals surface area contributed by atoms with Gasteiger partial charge in [-0.25, -0.2) is 0 Å². The zero-order valence-electron chi connectivity index (χ0n) is 13.9. The van der Waals surface area contributed by atoms with E-state index in [9.17, 15) is 9.59 Å². The lowest BCUT2D eigenvalue weighted by Crippen LogP contribution is -2.51. The molecule has 5 heteroatoms. The molecule has 0 radical (unpaired) electrons. The predicted molar refractivity (Wildman–Crippen MR) is 86.5 cm³/mol. The van der Waals surface area contributed by atoms with Gasteiger partial charge in [0.05, 0.1) is 12.1 Å². The lowest BCUT2D eigenvalue weighted by atomic mass is 9.54. The molecule has 2 aromatic rings. The molecule has 2 aliphatic carbocycles. The molecule has 4 atom stereocenters. The van der Waals surface area contributed by atoms with Crippen molar-refractivity contribution in [3.8, 4) is 0 Å². The molecular formula is C19H20N2O3. The number of carbonyl (C=O) groups excluding carboxylic acids is 2. The smallest absolute Gasteiger partial charge is 0.173 e. The van der Waals surface area contributed by atoms with Crippen molar-refractivity contribution in [1.29, 1.82) is 0 Å². The third-order valence-corrected chi connectivity index (χ3v) is 6.00. The third kappa shape index (κ3) is 2.07. The first-order chi connectivity index (χ1) is 11.5. The summed E-state index contributed by atoms with van der Waals surface area (Å²) in [6.45, 7) is 4.11. The lowest BCUT2D eigenvalue weighted by Gasteiger charge is -2.47. The average molecular weight is 324 g/mol. The molecule has 0 saturated heterocycles. The fourth-order valence-corrected chi connectivity index (χ4v) is 4.72. The van der Waals surface area contributed by atoms with Gasteiger partial charge in [-0.3, -0.25) is 14.6 Å². The van der Waals surface area contributed by atoms with Crippen LogP contribution in [0.5, 0.6) is 0 Å². The number of rotatable bonds is 2. The Morgan fingerprint density at radius 2 is 2.04 bits per heavy atom. The van der Waals surface area contributed by atoms with Gasteiger partial charge in [0.25, 0.3) is 0 Å². The van der Waals surface area contributed by atoms with Crippen LogP contribution in [0.3, 0.4) is 0 Å². The van der Waals surface area contributed by atoms with E-state index >= 15 is 0 Å².